The Labute approximate surface area is 167 Å². The first kappa shape index (κ1) is 22.9. The van der Waals surface area contributed by atoms with Crippen molar-refractivity contribution in [2.24, 2.45) is 10.1 Å². The fourth-order valence-electron chi connectivity index (χ4n) is 2.78. The molecule has 0 unspecified atom stereocenters. The smallest absolute Gasteiger partial charge is 0.145 e. The number of likely N-dealkylation sites (N-methyl/N-ethyl adjacent to an activating group) is 1. The van der Waals surface area contributed by atoms with Gasteiger partial charge >= 0.3 is 0 Å². The van der Waals surface area contributed by atoms with Crippen LogP contribution < -0.4 is 5.32 Å². The SMILES string of the molecule is C=C(Br)/C=N\N(C)C(C=C(CCCCCCC)NC)=NC[C@@H]1CCCO1. The number of nitrogens with one attached hydrogen (secondary N) is 1. The van der Waals surface area contributed by atoms with Crippen LogP contribution in [0.2, 0.25) is 0 Å². The Balaban J connectivity index is 2.75. The highest BCUT2D eigenvalue weighted by atomic mass is 79.9. The number of ether oxygens (including phenoxy) is 1. The molecule has 0 amide bonds. The lowest BCUT2D eigenvalue weighted by molar-refractivity contribution is 0.117. The van der Waals surface area contributed by atoms with Crippen molar-refractivity contribution in [3.63, 3.8) is 0 Å². The minimum atomic E-state index is 0.231. The Morgan fingerprint density at radius 2 is 2.12 bits per heavy atom. The normalized spacial score (nSPS) is 18.5. The number of hydrogen-bond donors (Lipinski definition) is 1. The highest BCUT2D eigenvalue weighted by molar-refractivity contribution is 9.12. The summed E-state index contributed by atoms with van der Waals surface area (Å²) in [5.41, 5.74) is 1.19. The zero-order valence-corrected chi connectivity index (χ0v) is 18.2. The third kappa shape index (κ3) is 10.1. The molecule has 1 fully saturated rings. The van der Waals surface area contributed by atoms with E-state index in [1.807, 2.05) is 14.1 Å². The van der Waals surface area contributed by atoms with Gasteiger partial charge in [-0.2, -0.15) is 5.10 Å². The maximum Gasteiger partial charge on any atom is 0.145 e. The van der Waals surface area contributed by atoms with E-state index in [9.17, 15) is 0 Å². The topological polar surface area (TPSA) is 49.2 Å². The molecule has 0 aromatic heterocycles. The molecule has 0 aromatic rings. The summed E-state index contributed by atoms with van der Waals surface area (Å²) in [5, 5.41) is 9.50. The van der Waals surface area contributed by atoms with Crippen LogP contribution in [0.15, 0.2) is 32.9 Å². The van der Waals surface area contributed by atoms with Gasteiger partial charge in [-0.25, -0.2) is 0 Å². The van der Waals surface area contributed by atoms with Gasteiger partial charge in [0.2, 0.25) is 0 Å². The molecule has 0 radical (unpaired) electrons. The third-order valence-electron chi connectivity index (χ3n) is 4.36. The number of amidine groups is 1. The fourth-order valence-corrected chi connectivity index (χ4v) is 2.87. The molecule has 1 aliphatic rings. The van der Waals surface area contributed by atoms with Crippen molar-refractivity contribution >= 4 is 28.0 Å². The van der Waals surface area contributed by atoms with Gasteiger partial charge in [0.15, 0.2) is 0 Å². The fraction of sp³-hybridized carbons (Fsp3) is 0.700. The average molecular weight is 427 g/mol. The molecule has 0 spiro atoms. The Morgan fingerprint density at radius 1 is 1.35 bits per heavy atom. The van der Waals surface area contributed by atoms with E-state index in [0.29, 0.717) is 6.54 Å². The summed E-state index contributed by atoms with van der Waals surface area (Å²) in [6.07, 6.45) is 13.6. The zero-order chi connectivity index (χ0) is 19.2. The monoisotopic (exact) mass is 426 g/mol. The van der Waals surface area contributed by atoms with Gasteiger partial charge in [0.25, 0.3) is 0 Å². The lowest BCUT2D eigenvalue weighted by Gasteiger charge is -2.16. The number of rotatable bonds is 12. The Hall–Kier alpha value is -1.14. The summed E-state index contributed by atoms with van der Waals surface area (Å²) in [7, 11) is 3.88. The number of hydrazone groups is 1. The Kier molecular flexibility index (Phi) is 12.3. The van der Waals surface area contributed by atoms with Crippen LogP contribution in [0.1, 0.15) is 58.3 Å². The molecule has 0 saturated carbocycles. The first-order valence-electron chi connectivity index (χ1n) is 9.73. The maximum absolute atomic E-state index is 5.69. The largest absolute Gasteiger partial charge is 0.391 e. The second-order valence-electron chi connectivity index (χ2n) is 6.63. The van der Waals surface area contributed by atoms with Crippen molar-refractivity contribution in [2.75, 3.05) is 27.2 Å². The van der Waals surface area contributed by atoms with Crippen molar-refractivity contribution in [2.45, 2.75) is 64.4 Å². The molecule has 1 heterocycles. The predicted octanol–water partition coefficient (Wildman–Crippen LogP) is 4.85. The highest BCUT2D eigenvalue weighted by Gasteiger charge is 2.15. The van der Waals surface area contributed by atoms with E-state index >= 15 is 0 Å². The summed E-state index contributed by atoms with van der Waals surface area (Å²) < 4.78 is 6.43. The molecule has 1 saturated heterocycles. The van der Waals surface area contributed by atoms with Crippen molar-refractivity contribution in [3.8, 4) is 0 Å². The van der Waals surface area contributed by atoms with Crippen LogP contribution in [0.3, 0.4) is 0 Å². The molecule has 6 heteroatoms. The van der Waals surface area contributed by atoms with Gasteiger partial charge in [-0.3, -0.25) is 10.0 Å². The second kappa shape index (κ2) is 14.0. The summed E-state index contributed by atoms with van der Waals surface area (Å²) >= 11 is 3.31. The quantitative estimate of drug-likeness (QED) is 0.210. The number of hydrogen-bond acceptors (Lipinski definition) is 4. The number of nitrogens with zero attached hydrogens (tertiary/aromatic N) is 3. The van der Waals surface area contributed by atoms with E-state index in [-0.39, 0.29) is 6.10 Å². The first-order valence-corrected chi connectivity index (χ1v) is 10.5. The molecule has 1 atom stereocenters. The molecule has 26 heavy (non-hydrogen) atoms. The molecule has 0 aliphatic carbocycles. The van der Waals surface area contributed by atoms with E-state index < -0.39 is 0 Å². The number of aliphatic imine (C=N–C) groups is 1. The average Bonchev–Trinajstić information content (AvgIpc) is 3.14. The van der Waals surface area contributed by atoms with Gasteiger partial charge in [0, 0.05) is 37.0 Å². The zero-order valence-electron chi connectivity index (χ0n) is 16.6. The summed E-state index contributed by atoms with van der Waals surface area (Å²) in [4.78, 5) is 4.77. The molecule has 5 nitrogen and oxygen atoms in total. The van der Waals surface area contributed by atoms with Crippen LogP contribution in [-0.4, -0.2) is 50.4 Å². The van der Waals surface area contributed by atoms with Crippen molar-refractivity contribution in [1.29, 1.82) is 0 Å². The summed E-state index contributed by atoms with van der Waals surface area (Å²) in [6.45, 7) is 7.56. The van der Waals surface area contributed by atoms with Crippen molar-refractivity contribution in [1.82, 2.24) is 10.3 Å². The van der Waals surface area contributed by atoms with E-state index in [0.717, 1.165) is 36.2 Å². The van der Waals surface area contributed by atoms with Crippen molar-refractivity contribution in [3.05, 3.63) is 22.8 Å². The second-order valence-corrected chi connectivity index (χ2v) is 7.65. The van der Waals surface area contributed by atoms with Gasteiger partial charge in [0.1, 0.15) is 5.84 Å². The highest BCUT2D eigenvalue weighted by Crippen LogP contribution is 2.13. The van der Waals surface area contributed by atoms with Crippen molar-refractivity contribution < 1.29 is 4.74 Å². The van der Waals surface area contributed by atoms with Gasteiger partial charge in [0.05, 0.1) is 18.9 Å². The van der Waals surface area contributed by atoms with Gasteiger partial charge < -0.3 is 10.1 Å². The first-order chi connectivity index (χ1) is 12.6. The number of unbranched alkanes of at least 4 members (excludes halogenated alkanes) is 4. The lowest BCUT2D eigenvalue weighted by Crippen LogP contribution is -2.23. The third-order valence-corrected chi connectivity index (χ3v) is 4.56. The van der Waals surface area contributed by atoms with Crippen LogP contribution in [0, 0.1) is 0 Å². The molecule has 0 aromatic carbocycles. The molecular formula is C20H35BrN4O. The number of allylic oxidation sites excluding steroid dienone is 2. The predicted molar refractivity (Wildman–Crippen MR) is 116 cm³/mol. The molecule has 1 rings (SSSR count). The standard InChI is InChI=1S/C20H35BrN4O/c1-5-6-7-8-9-11-18(22-3)14-20(25(4)24-15-17(2)21)23-16-19-12-10-13-26-19/h14-15,19,22H,2,5-13,16H2,1,3-4H3/b18-14?,23-20?,24-15-/t19-/m0/s1. The lowest BCUT2D eigenvalue weighted by atomic mass is 10.1. The Morgan fingerprint density at radius 3 is 2.73 bits per heavy atom. The molecule has 0 bridgehead atoms. The van der Waals surface area contributed by atoms with Gasteiger partial charge in [-0.15, -0.1) is 0 Å². The minimum absolute atomic E-state index is 0.231. The number of halogens is 1. The van der Waals surface area contributed by atoms with E-state index in [1.54, 1.807) is 11.2 Å². The van der Waals surface area contributed by atoms with E-state index in [4.69, 9.17) is 9.73 Å². The van der Waals surface area contributed by atoms with Gasteiger partial charge in [-0.1, -0.05) is 39.2 Å². The minimum Gasteiger partial charge on any atom is -0.391 e. The van der Waals surface area contributed by atoms with Gasteiger partial charge in [-0.05, 0) is 41.6 Å². The molecule has 1 N–H and O–H groups in total. The Bertz CT molecular complexity index is 496. The van der Waals surface area contributed by atoms with E-state index in [1.165, 1.54) is 37.8 Å². The van der Waals surface area contributed by atoms with Crippen LogP contribution in [0.25, 0.3) is 0 Å². The molecule has 148 valence electrons. The molecular weight excluding hydrogens is 392 g/mol. The maximum atomic E-state index is 5.69. The van der Waals surface area contributed by atoms with Crippen LogP contribution in [-0.2, 0) is 4.74 Å². The molecule has 1 aliphatic heterocycles. The summed E-state index contributed by atoms with van der Waals surface area (Å²) in [5.74, 6) is 0.836. The van der Waals surface area contributed by atoms with Crippen LogP contribution >= 0.6 is 15.9 Å². The van der Waals surface area contributed by atoms with Crippen LogP contribution in [0.4, 0.5) is 0 Å². The summed E-state index contributed by atoms with van der Waals surface area (Å²) in [6, 6.07) is 0. The van der Waals surface area contributed by atoms with Crippen LogP contribution in [0.5, 0.6) is 0 Å². The van der Waals surface area contributed by atoms with E-state index in [2.05, 4.69) is 45.9 Å².